The number of hydrogen-bond donors (Lipinski definition) is 2. The van der Waals surface area contributed by atoms with Gasteiger partial charge in [0.05, 0.1) is 26.9 Å². The van der Waals surface area contributed by atoms with Crippen LogP contribution in [-0.4, -0.2) is 44.7 Å². The van der Waals surface area contributed by atoms with E-state index in [2.05, 4.69) is 10.1 Å². The van der Waals surface area contributed by atoms with Gasteiger partial charge in [0.25, 0.3) is 0 Å². The van der Waals surface area contributed by atoms with Crippen LogP contribution in [0.3, 0.4) is 0 Å². The van der Waals surface area contributed by atoms with E-state index in [4.69, 9.17) is 9.84 Å². The smallest absolute Gasteiger partial charge is 0.406 e. The molecule has 0 bridgehead atoms. The number of amides is 1. The SMILES string of the molecule is CC.COC(=O)NCCOCCO.[V]. The van der Waals surface area contributed by atoms with E-state index in [1.807, 2.05) is 13.8 Å². The third-order valence-corrected chi connectivity index (χ3v) is 0.937. The minimum Gasteiger partial charge on any atom is -0.453 e. The standard InChI is InChI=1S/C6H13NO4.C2H6.V/c1-10-6(9)7-2-4-11-5-3-8;1-2;/h8H,2-5H2,1H3,(H,7,9);1-2H3;. The van der Waals surface area contributed by atoms with E-state index in [0.29, 0.717) is 19.8 Å². The number of aliphatic hydroxyl groups is 1. The van der Waals surface area contributed by atoms with Gasteiger partial charge in [0.2, 0.25) is 0 Å². The number of ether oxygens (including phenoxy) is 2. The van der Waals surface area contributed by atoms with Crippen LogP contribution in [0.15, 0.2) is 0 Å². The molecule has 0 aliphatic rings. The molecule has 1 amide bonds. The second kappa shape index (κ2) is 18.5. The van der Waals surface area contributed by atoms with Crippen molar-refractivity contribution in [2.45, 2.75) is 13.8 Å². The van der Waals surface area contributed by atoms with Crippen LogP contribution in [0.2, 0.25) is 0 Å². The first-order chi connectivity index (χ1) is 6.31. The first-order valence-corrected chi connectivity index (χ1v) is 4.31. The first-order valence-electron chi connectivity index (χ1n) is 4.31. The summed E-state index contributed by atoms with van der Waals surface area (Å²) in [6.45, 7) is 5.07. The summed E-state index contributed by atoms with van der Waals surface area (Å²) >= 11 is 0. The first kappa shape index (κ1) is 19.4. The molecule has 0 saturated carbocycles. The topological polar surface area (TPSA) is 67.8 Å². The molecule has 0 aliphatic carbocycles. The molecule has 0 aromatic heterocycles. The molecule has 5 nitrogen and oxygen atoms in total. The van der Waals surface area contributed by atoms with E-state index >= 15 is 0 Å². The van der Waals surface area contributed by atoms with Gasteiger partial charge in [0.1, 0.15) is 0 Å². The van der Waals surface area contributed by atoms with Gasteiger partial charge >= 0.3 is 6.09 Å². The average molecular weight is 244 g/mol. The number of carbonyl (C=O) groups excluding carboxylic acids is 1. The summed E-state index contributed by atoms with van der Waals surface area (Å²) in [7, 11) is 1.30. The summed E-state index contributed by atoms with van der Waals surface area (Å²) in [5, 5.41) is 10.7. The summed E-state index contributed by atoms with van der Waals surface area (Å²) in [5.41, 5.74) is 0. The molecule has 0 aromatic carbocycles. The third kappa shape index (κ3) is 17.8. The van der Waals surface area contributed by atoms with E-state index in [-0.39, 0.29) is 25.2 Å². The molecule has 85 valence electrons. The third-order valence-electron chi connectivity index (χ3n) is 0.937. The van der Waals surface area contributed by atoms with Crippen LogP contribution in [0.4, 0.5) is 4.79 Å². The fourth-order valence-corrected chi connectivity index (χ4v) is 0.464. The van der Waals surface area contributed by atoms with Gasteiger partial charge < -0.3 is 19.9 Å². The van der Waals surface area contributed by atoms with E-state index in [1.165, 1.54) is 7.11 Å². The Bertz CT molecular complexity index is 114. The molecule has 0 fully saturated rings. The largest absolute Gasteiger partial charge is 0.453 e. The van der Waals surface area contributed by atoms with Crippen molar-refractivity contribution < 1.29 is 37.9 Å². The van der Waals surface area contributed by atoms with Gasteiger partial charge in [-0.1, -0.05) is 13.8 Å². The Morgan fingerprint density at radius 1 is 1.36 bits per heavy atom. The second-order valence-corrected chi connectivity index (χ2v) is 1.75. The Morgan fingerprint density at radius 3 is 2.36 bits per heavy atom. The Kier molecular flexibility index (Phi) is 25.6. The maximum absolute atomic E-state index is 10.4. The predicted octanol–water partition coefficient (Wildman–Crippen LogP) is 0.375. The molecule has 0 aliphatic heterocycles. The minimum atomic E-state index is -0.474. The van der Waals surface area contributed by atoms with Crippen LogP contribution in [0, 0.1) is 0 Å². The Balaban J connectivity index is -0.000000376. The molecule has 0 aromatic rings. The number of nitrogens with one attached hydrogen (secondary N) is 1. The number of aliphatic hydroxyl groups excluding tert-OH is 1. The zero-order valence-electron chi connectivity index (χ0n) is 8.95. The molecule has 6 heteroatoms. The zero-order chi connectivity index (χ0) is 10.5. The van der Waals surface area contributed by atoms with E-state index in [9.17, 15) is 4.79 Å². The predicted molar refractivity (Wildman–Crippen MR) is 49.7 cm³/mol. The van der Waals surface area contributed by atoms with Crippen molar-refractivity contribution in [1.82, 2.24) is 5.32 Å². The zero-order valence-corrected chi connectivity index (χ0v) is 10.3. The Hall–Kier alpha value is -0.226. The monoisotopic (exact) mass is 244 g/mol. The fraction of sp³-hybridized carbons (Fsp3) is 0.875. The summed E-state index contributed by atoms with van der Waals surface area (Å²) in [4.78, 5) is 10.4. The molecule has 0 spiro atoms. The van der Waals surface area contributed by atoms with Crippen LogP contribution in [0.5, 0.6) is 0 Å². The van der Waals surface area contributed by atoms with Gasteiger partial charge in [-0.3, -0.25) is 0 Å². The quantitative estimate of drug-likeness (QED) is 0.686. The summed E-state index contributed by atoms with van der Waals surface area (Å²) < 4.78 is 9.16. The normalized spacial score (nSPS) is 7.71. The Labute approximate surface area is 97.0 Å². The fourth-order valence-electron chi connectivity index (χ4n) is 0.464. The Morgan fingerprint density at radius 2 is 1.93 bits per heavy atom. The maximum Gasteiger partial charge on any atom is 0.406 e. The molecular weight excluding hydrogens is 225 g/mol. The number of rotatable bonds is 5. The molecular formula is C8H19NO4V. The van der Waals surface area contributed by atoms with Gasteiger partial charge in [-0.15, -0.1) is 0 Å². The van der Waals surface area contributed by atoms with Crippen molar-refractivity contribution >= 4 is 6.09 Å². The van der Waals surface area contributed by atoms with E-state index in [0.717, 1.165) is 0 Å². The van der Waals surface area contributed by atoms with Crippen molar-refractivity contribution in [2.75, 3.05) is 33.5 Å². The summed E-state index contributed by atoms with van der Waals surface area (Å²) in [5.74, 6) is 0. The van der Waals surface area contributed by atoms with Crippen LogP contribution in [0.1, 0.15) is 13.8 Å². The molecule has 0 saturated heterocycles. The number of methoxy groups -OCH3 is 1. The van der Waals surface area contributed by atoms with Gasteiger partial charge in [-0.2, -0.15) is 0 Å². The van der Waals surface area contributed by atoms with Gasteiger partial charge in [-0.25, -0.2) is 4.79 Å². The molecule has 1 radical (unpaired) electrons. The number of carbonyl (C=O) groups is 1. The van der Waals surface area contributed by atoms with Crippen LogP contribution in [0.25, 0.3) is 0 Å². The molecule has 2 N–H and O–H groups in total. The van der Waals surface area contributed by atoms with Crippen LogP contribution in [-0.2, 0) is 28.0 Å². The van der Waals surface area contributed by atoms with Gasteiger partial charge in [0.15, 0.2) is 0 Å². The van der Waals surface area contributed by atoms with Crippen molar-refractivity contribution in [3.63, 3.8) is 0 Å². The maximum atomic E-state index is 10.4. The van der Waals surface area contributed by atoms with Crippen LogP contribution >= 0.6 is 0 Å². The van der Waals surface area contributed by atoms with E-state index < -0.39 is 6.09 Å². The molecule has 0 unspecified atom stereocenters. The summed E-state index contributed by atoms with van der Waals surface area (Å²) in [6.07, 6.45) is -0.474. The minimum absolute atomic E-state index is 0. The summed E-state index contributed by atoms with van der Waals surface area (Å²) in [6, 6.07) is 0. The molecule has 14 heavy (non-hydrogen) atoms. The van der Waals surface area contributed by atoms with Crippen molar-refractivity contribution in [2.24, 2.45) is 0 Å². The van der Waals surface area contributed by atoms with Crippen molar-refractivity contribution in [3.05, 3.63) is 0 Å². The van der Waals surface area contributed by atoms with Gasteiger partial charge in [0, 0.05) is 25.1 Å². The van der Waals surface area contributed by atoms with Crippen LogP contribution < -0.4 is 5.32 Å². The molecule has 0 heterocycles. The van der Waals surface area contributed by atoms with Gasteiger partial charge in [-0.05, 0) is 0 Å². The molecule has 0 atom stereocenters. The van der Waals surface area contributed by atoms with Crippen molar-refractivity contribution in [1.29, 1.82) is 0 Å². The number of alkyl carbamates (subject to hydrolysis) is 1. The second-order valence-electron chi connectivity index (χ2n) is 1.75. The van der Waals surface area contributed by atoms with E-state index in [1.54, 1.807) is 0 Å². The molecule has 0 rings (SSSR count). The number of hydrogen-bond acceptors (Lipinski definition) is 4. The van der Waals surface area contributed by atoms with Crippen molar-refractivity contribution in [3.8, 4) is 0 Å². The average Bonchev–Trinajstić information content (AvgIpc) is 2.20.